The molecule has 7 aromatic carbocycles. The number of benzene rings is 7. The van der Waals surface area contributed by atoms with E-state index in [1.165, 1.54) is 84.7 Å². The van der Waals surface area contributed by atoms with Crippen LogP contribution in [-0.4, -0.2) is 112 Å². The number of phenolic OH excluding ortho intramolecular Hbond substituents is 1. The summed E-state index contributed by atoms with van der Waals surface area (Å²) < 4.78 is 45.8. The smallest absolute Gasteiger partial charge is 0.341 e. The van der Waals surface area contributed by atoms with Gasteiger partial charge in [0.25, 0.3) is 0 Å². The number of rotatable bonds is 23. The fourth-order valence-electron chi connectivity index (χ4n) is 12.6. The summed E-state index contributed by atoms with van der Waals surface area (Å²) in [5.74, 6) is -1.40. The number of ether oxygens (including phenoxy) is 9. The maximum absolute atomic E-state index is 12.1. The van der Waals surface area contributed by atoms with Gasteiger partial charge < -0.3 is 93.6 Å². The van der Waals surface area contributed by atoms with Gasteiger partial charge in [-0.25, -0.2) is 33.6 Å². The minimum absolute atomic E-state index is 0.145. The molecule has 0 radical (unpaired) electrons. The highest BCUT2D eigenvalue weighted by atomic mass is 35.5. The number of nitrogens with zero attached hydrogens (tertiary/aromatic N) is 1. The molecule has 8 aromatic heterocycles. The first-order valence-corrected chi connectivity index (χ1v) is 47.6. The Hall–Kier alpha value is -13.2. The molecule has 0 bridgehead atoms. The van der Waals surface area contributed by atoms with Crippen LogP contribution in [0.5, 0.6) is 17.2 Å². The van der Waals surface area contributed by atoms with E-state index in [1.807, 2.05) is 99.7 Å². The van der Waals surface area contributed by atoms with Gasteiger partial charge in [-0.1, -0.05) is 120 Å². The van der Waals surface area contributed by atoms with Crippen molar-refractivity contribution in [1.29, 1.82) is 0 Å². The summed E-state index contributed by atoms with van der Waals surface area (Å²) in [5, 5.41) is 29.4. The van der Waals surface area contributed by atoms with E-state index in [4.69, 9.17) is 123 Å². The van der Waals surface area contributed by atoms with Gasteiger partial charge in [-0.3, -0.25) is 4.98 Å². The lowest BCUT2D eigenvalue weighted by Crippen LogP contribution is -2.07. The van der Waals surface area contributed by atoms with Crippen LogP contribution >= 0.6 is 114 Å². The lowest BCUT2D eigenvalue weighted by Gasteiger charge is -2.11. The Morgan fingerprint density at radius 3 is 1.03 bits per heavy atom. The molecule has 0 amide bonds. The standard InChI is InChI=1S/C17H15NO2S.C15H17NO4S.C13H11Cl2NO2S.C13H12ClNO2S.C13H14N2O2S.C13H13NO3S.C12H12N2O2S/c1-2-20-17(19)15-14(10-21-16(15)18)13-8-7-11-5-3-4-6-12(11)9-13;1-4-20-15(17)13-11(8-21-14(13)16)10-6-5-9(18-2)7-12(10)19-3;1-2-18-13(17)11-9(6-19-12(11)16)8-4-3-7(14)5-10(8)15;1-2-17-13(16)11-10(7-18-12(11)15)8-4-3-5-9(14)6-8;1-2-17-13(16)11-10(7-18-12(11)15)8-3-5-9(14)6-4-8;1-2-17-13(16)11-10(7-18-12(11)14)8-4-3-5-9(15)6-8;1-2-16-12(15)10-9(7-17-11(10)13)8-4-3-5-14-6-8/h3-10H,2,18H2,1H3;5-8H,4,16H2,1-3H3;3-6H,2,16H2,1H3;3-7H,2,15H2,1H3;3-7H,2,14-15H2,1H3;3-7,15H,2,14H2,1H3;3-7H,2,13H2,1H3. The van der Waals surface area contributed by atoms with Crippen molar-refractivity contribution < 1.29 is 81.3 Å². The van der Waals surface area contributed by atoms with Crippen molar-refractivity contribution in [2.45, 2.75) is 48.5 Å². The van der Waals surface area contributed by atoms with Gasteiger partial charge in [0.2, 0.25) is 0 Å². The zero-order chi connectivity index (χ0) is 95.8. The van der Waals surface area contributed by atoms with Gasteiger partial charge in [0.15, 0.2) is 0 Å². The Morgan fingerprint density at radius 2 is 0.652 bits per heavy atom. The molecule has 0 atom stereocenters. The predicted molar refractivity (Wildman–Crippen MR) is 540 cm³/mol. The van der Waals surface area contributed by atoms with Gasteiger partial charge in [0.1, 0.15) is 91.2 Å². The number of methoxy groups -OCH3 is 2. The second kappa shape index (κ2) is 50.3. The number of hydrogen-bond acceptors (Lipinski definition) is 33. The number of fused-ring (bicyclic) bond motifs is 1. The molecular weight excluding hydrogens is 1880 g/mol. The van der Waals surface area contributed by atoms with E-state index in [0.717, 1.165) is 61.0 Å². The number of phenols is 1. The molecule has 0 fully saturated rings. The number of pyridine rings is 1. The summed E-state index contributed by atoms with van der Waals surface area (Å²) in [4.78, 5) is 87.5. The monoisotopic (exact) mass is 1970 g/mol. The number of halogens is 3. The van der Waals surface area contributed by atoms with E-state index in [0.29, 0.717) is 175 Å². The molecule has 15 rings (SSSR count). The molecule has 0 aliphatic carbocycles. The average molecular weight is 1980 g/mol. The third kappa shape index (κ3) is 26.6. The van der Waals surface area contributed by atoms with E-state index in [1.54, 1.807) is 159 Å². The Balaban J connectivity index is 0.000000173. The van der Waals surface area contributed by atoms with Crippen LogP contribution < -0.4 is 55.3 Å². The molecule has 36 heteroatoms. The summed E-state index contributed by atoms with van der Waals surface area (Å²) >= 11 is 27.2. The molecule has 688 valence electrons. The van der Waals surface area contributed by atoms with Crippen molar-refractivity contribution in [3.05, 3.63) is 268 Å². The van der Waals surface area contributed by atoms with Crippen LogP contribution in [0.15, 0.2) is 214 Å². The number of carbonyl (C=O) groups is 7. The zero-order valence-electron chi connectivity index (χ0n) is 72.8. The highest BCUT2D eigenvalue weighted by Gasteiger charge is 2.28. The number of nitrogen functional groups attached to an aromatic ring is 8. The quantitative estimate of drug-likeness (QED) is 0.0163. The fraction of sp³-hybridized carbons (Fsp3) is 0.167. The Kier molecular flexibility index (Phi) is 39.1. The molecule has 26 nitrogen and oxygen atoms in total. The minimum atomic E-state index is -0.442. The maximum atomic E-state index is 12.1. The Labute approximate surface area is 805 Å². The van der Waals surface area contributed by atoms with E-state index in [2.05, 4.69) is 23.2 Å². The molecule has 0 aliphatic heterocycles. The molecule has 15 aromatic rings. The topological polar surface area (TPSA) is 444 Å². The van der Waals surface area contributed by atoms with E-state index in [-0.39, 0.29) is 23.7 Å². The number of thiophene rings is 7. The molecule has 132 heavy (non-hydrogen) atoms. The van der Waals surface area contributed by atoms with Crippen LogP contribution in [-0.2, 0) is 33.2 Å². The van der Waals surface area contributed by atoms with Crippen LogP contribution in [0, 0.1) is 0 Å². The molecule has 0 aliphatic rings. The number of aromatic hydroxyl groups is 1. The molecule has 0 spiro atoms. The van der Waals surface area contributed by atoms with Crippen molar-refractivity contribution in [2.75, 3.05) is 106 Å². The summed E-state index contributed by atoms with van der Waals surface area (Å²) in [6.45, 7) is 14.5. The maximum Gasteiger partial charge on any atom is 0.341 e. The molecule has 17 N–H and O–H groups in total. The lowest BCUT2D eigenvalue weighted by molar-refractivity contribution is 0.0519. The number of carbonyl (C=O) groups excluding carboxylic acids is 7. The third-order valence-electron chi connectivity index (χ3n) is 18.6. The van der Waals surface area contributed by atoms with Crippen molar-refractivity contribution in [3.63, 3.8) is 0 Å². The van der Waals surface area contributed by atoms with Crippen LogP contribution in [0.25, 0.3) is 88.7 Å². The number of nitrogens with two attached hydrogens (primary N) is 8. The number of esters is 7. The second-order valence-electron chi connectivity index (χ2n) is 26.9. The van der Waals surface area contributed by atoms with Crippen molar-refractivity contribution >= 4 is 207 Å². The van der Waals surface area contributed by atoms with Crippen LogP contribution in [0.4, 0.5) is 40.7 Å². The summed E-state index contributed by atoms with van der Waals surface area (Å²) in [7, 11) is 3.15. The van der Waals surface area contributed by atoms with Crippen molar-refractivity contribution in [1.82, 2.24) is 4.98 Å². The van der Waals surface area contributed by atoms with Crippen molar-refractivity contribution in [2.24, 2.45) is 0 Å². The molecule has 8 heterocycles. The second-order valence-corrected chi connectivity index (χ2v) is 34.6. The molecular formula is C96H94Cl3N9O17S7. The van der Waals surface area contributed by atoms with Crippen molar-refractivity contribution in [3.8, 4) is 95.1 Å². The number of aromatic nitrogens is 1. The highest BCUT2D eigenvalue weighted by Crippen LogP contribution is 2.45. The van der Waals surface area contributed by atoms with E-state index < -0.39 is 23.9 Å². The van der Waals surface area contributed by atoms with Gasteiger partial charge in [-0.05, 0) is 154 Å². The molecule has 0 unspecified atom stereocenters. The van der Waals surface area contributed by atoms with Gasteiger partial charge in [-0.15, -0.1) is 79.4 Å². The van der Waals surface area contributed by atoms with Gasteiger partial charge in [0, 0.05) is 133 Å². The zero-order valence-corrected chi connectivity index (χ0v) is 80.8. The summed E-state index contributed by atoms with van der Waals surface area (Å²) in [6, 6.07) is 49.7. The van der Waals surface area contributed by atoms with Crippen LogP contribution in [0.2, 0.25) is 15.1 Å². The Bertz CT molecular complexity index is 6380. The van der Waals surface area contributed by atoms with Crippen LogP contribution in [0.1, 0.15) is 121 Å². The first-order chi connectivity index (χ1) is 63.5. The van der Waals surface area contributed by atoms with Gasteiger partial charge in [0.05, 0.1) is 60.5 Å². The van der Waals surface area contributed by atoms with Gasteiger partial charge in [-0.2, -0.15) is 0 Å². The first kappa shape index (κ1) is 103. The summed E-state index contributed by atoms with van der Waals surface area (Å²) in [6.07, 6.45) is 3.38. The Morgan fingerprint density at radius 1 is 0.311 bits per heavy atom. The largest absolute Gasteiger partial charge is 0.508 e. The first-order valence-electron chi connectivity index (χ1n) is 40.3. The minimum Gasteiger partial charge on any atom is -0.508 e. The average Bonchev–Trinajstić information content (AvgIpc) is 1.73. The van der Waals surface area contributed by atoms with Gasteiger partial charge >= 0.3 is 41.8 Å². The predicted octanol–water partition coefficient (Wildman–Crippen LogP) is 24.0. The highest BCUT2D eigenvalue weighted by molar-refractivity contribution is 7.17. The van der Waals surface area contributed by atoms with E-state index >= 15 is 0 Å². The third-order valence-corrected chi connectivity index (χ3v) is 25.0. The molecule has 0 saturated carbocycles. The number of hydrogen-bond donors (Lipinski definition) is 9. The number of anilines is 8. The molecule has 0 saturated heterocycles. The SMILES string of the molecule is CCOC(=O)c1c(-c2ccc(Cl)cc2Cl)csc1N.CCOC(=O)c1c(-c2ccc(N)cc2)csc1N.CCOC(=O)c1c(-c2ccc(OC)cc2OC)csc1N.CCOC(=O)c1c(-c2ccc3ccccc3c2)csc1N.CCOC(=O)c1c(-c2cccc(Cl)c2)csc1N.CCOC(=O)c1c(-c2cccc(O)c2)csc1N.CCOC(=O)c1c(-c2cccnc2)csc1N. The normalized spacial score (nSPS) is 10.4. The van der Waals surface area contributed by atoms with Crippen LogP contribution in [0.3, 0.4) is 0 Å². The fourth-order valence-corrected chi connectivity index (χ4v) is 18.9. The lowest BCUT2D eigenvalue weighted by atomic mass is 10.0. The summed E-state index contributed by atoms with van der Waals surface area (Å²) in [5.41, 5.74) is 61.2. The van der Waals surface area contributed by atoms with E-state index in [9.17, 15) is 38.7 Å².